The van der Waals surface area contributed by atoms with Crippen molar-refractivity contribution in [1.29, 1.82) is 0 Å². The second kappa shape index (κ2) is 4.31. The van der Waals surface area contributed by atoms with Crippen LogP contribution in [0.25, 0.3) is 0 Å². The highest BCUT2D eigenvalue weighted by molar-refractivity contribution is 5.19. The minimum Gasteiger partial charge on any atom is -0.314 e. The lowest BCUT2D eigenvalue weighted by Crippen LogP contribution is -2.26. The maximum absolute atomic E-state index is 4.19. The zero-order valence-corrected chi connectivity index (χ0v) is 9.66. The molecule has 1 N–H and O–H groups in total. The topological polar surface area (TPSA) is 24.9 Å². The summed E-state index contributed by atoms with van der Waals surface area (Å²) in [6, 6.07) is 5.00. The van der Waals surface area contributed by atoms with Crippen LogP contribution in [-0.4, -0.2) is 17.6 Å². The smallest absolute Gasteiger partial charge is 0.0305 e. The molecule has 0 radical (unpaired) electrons. The van der Waals surface area contributed by atoms with Crippen molar-refractivity contribution in [2.45, 2.75) is 44.6 Å². The van der Waals surface area contributed by atoms with E-state index in [-0.39, 0.29) is 5.41 Å². The third kappa shape index (κ3) is 3.03. The molecule has 1 aromatic rings. The maximum atomic E-state index is 4.19. The van der Waals surface area contributed by atoms with Gasteiger partial charge in [0.1, 0.15) is 0 Å². The van der Waals surface area contributed by atoms with Crippen LogP contribution in [0.3, 0.4) is 0 Å². The van der Waals surface area contributed by atoms with Gasteiger partial charge in [-0.25, -0.2) is 0 Å². The number of hydrogen-bond acceptors (Lipinski definition) is 2. The number of pyridine rings is 1. The molecule has 0 unspecified atom stereocenters. The molecule has 1 saturated carbocycles. The van der Waals surface area contributed by atoms with Crippen molar-refractivity contribution >= 4 is 0 Å². The van der Waals surface area contributed by atoms with Crippen molar-refractivity contribution in [2.75, 3.05) is 6.54 Å². The van der Waals surface area contributed by atoms with Gasteiger partial charge in [-0.2, -0.15) is 0 Å². The molecule has 15 heavy (non-hydrogen) atoms. The summed E-state index contributed by atoms with van der Waals surface area (Å²) in [5.41, 5.74) is 1.57. The third-order valence-electron chi connectivity index (χ3n) is 3.20. The normalized spacial score (nSPS) is 16.7. The zero-order chi connectivity index (χ0) is 10.7. The summed E-state index contributed by atoms with van der Waals surface area (Å²) in [5.74, 6) is 0. The molecule has 1 aliphatic carbocycles. The Bertz CT molecular complexity index is 302. The summed E-state index contributed by atoms with van der Waals surface area (Å²) in [7, 11) is 0. The Kier molecular flexibility index (Phi) is 3.06. The van der Waals surface area contributed by atoms with Crippen LogP contribution in [0.4, 0.5) is 0 Å². The van der Waals surface area contributed by atoms with Crippen LogP contribution >= 0.6 is 0 Å². The highest BCUT2D eigenvalue weighted by Gasteiger charge is 2.23. The Morgan fingerprint density at radius 2 is 2.27 bits per heavy atom. The molecule has 1 aliphatic rings. The molecule has 0 bridgehead atoms. The summed E-state index contributed by atoms with van der Waals surface area (Å²) >= 11 is 0. The van der Waals surface area contributed by atoms with E-state index in [0.717, 1.165) is 12.6 Å². The van der Waals surface area contributed by atoms with Crippen LogP contribution in [0.2, 0.25) is 0 Å². The minimum atomic E-state index is 0.232. The Morgan fingerprint density at radius 3 is 2.87 bits per heavy atom. The molecular weight excluding hydrogens is 184 g/mol. The Hall–Kier alpha value is -0.890. The van der Waals surface area contributed by atoms with E-state index < -0.39 is 0 Å². The predicted molar refractivity (Wildman–Crippen MR) is 62.9 cm³/mol. The standard InChI is InChI=1S/C13H20N2/c1-13(2,7-9-15-12-5-6-12)11-4-3-8-14-10-11/h3-4,8,10,12,15H,5-7,9H2,1-2H3. The van der Waals surface area contributed by atoms with Gasteiger partial charge in [-0.1, -0.05) is 19.9 Å². The number of rotatable bonds is 5. The molecule has 2 rings (SSSR count). The van der Waals surface area contributed by atoms with Gasteiger partial charge < -0.3 is 5.32 Å². The summed E-state index contributed by atoms with van der Waals surface area (Å²) in [5, 5.41) is 3.56. The van der Waals surface area contributed by atoms with E-state index in [1.165, 1.54) is 24.8 Å². The molecule has 0 atom stereocenters. The lowest BCUT2D eigenvalue weighted by atomic mass is 9.82. The van der Waals surface area contributed by atoms with Crippen molar-refractivity contribution in [1.82, 2.24) is 10.3 Å². The highest BCUT2D eigenvalue weighted by atomic mass is 14.9. The van der Waals surface area contributed by atoms with E-state index >= 15 is 0 Å². The van der Waals surface area contributed by atoms with E-state index in [9.17, 15) is 0 Å². The van der Waals surface area contributed by atoms with E-state index in [2.05, 4.69) is 30.2 Å². The van der Waals surface area contributed by atoms with Gasteiger partial charge in [0, 0.05) is 18.4 Å². The summed E-state index contributed by atoms with van der Waals surface area (Å²) in [6.07, 6.45) is 7.73. The fourth-order valence-electron chi connectivity index (χ4n) is 1.78. The molecule has 0 amide bonds. The lowest BCUT2D eigenvalue weighted by Gasteiger charge is -2.24. The maximum Gasteiger partial charge on any atom is 0.0305 e. The van der Waals surface area contributed by atoms with Crippen LogP contribution in [0.15, 0.2) is 24.5 Å². The second-order valence-electron chi connectivity index (χ2n) is 5.10. The van der Waals surface area contributed by atoms with Gasteiger partial charge in [-0.05, 0) is 42.9 Å². The number of hydrogen-bond donors (Lipinski definition) is 1. The Labute approximate surface area is 92.1 Å². The molecule has 0 aliphatic heterocycles. The predicted octanol–water partition coefficient (Wildman–Crippen LogP) is 2.50. The van der Waals surface area contributed by atoms with Gasteiger partial charge in [0.25, 0.3) is 0 Å². The first kappa shape index (κ1) is 10.6. The lowest BCUT2D eigenvalue weighted by molar-refractivity contribution is 0.455. The number of nitrogens with one attached hydrogen (secondary N) is 1. The Balaban J connectivity index is 1.87. The monoisotopic (exact) mass is 204 g/mol. The van der Waals surface area contributed by atoms with Crippen LogP contribution in [0, 0.1) is 0 Å². The fraction of sp³-hybridized carbons (Fsp3) is 0.615. The van der Waals surface area contributed by atoms with Crippen LogP contribution < -0.4 is 5.32 Å². The average Bonchev–Trinajstić information content (AvgIpc) is 3.03. The number of aromatic nitrogens is 1. The summed E-state index contributed by atoms with van der Waals surface area (Å²) in [6.45, 7) is 5.70. The van der Waals surface area contributed by atoms with Crippen molar-refractivity contribution in [3.05, 3.63) is 30.1 Å². The molecule has 0 saturated heterocycles. The quantitative estimate of drug-likeness (QED) is 0.797. The third-order valence-corrected chi connectivity index (χ3v) is 3.20. The van der Waals surface area contributed by atoms with Gasteiger partial charge in [-0.15, -0.1) is 0 Å². The summed E-state index contributed by atoms with van der Waals surface area (Å²) < 4.78 is 0. The van der Waals surface area contributed by atoms with Gasteiger partial charge in [0.2, 0.25) is 0 Å². The molecule has 0 spiro atoms. The van der Waals surface area contributed by atoms with Crippen molar-refractivity contribution in [3.8, 4) is 0 Å². The summed E-state index contributed by atoms with van der Waals surface area (Å²) in [4.78, 5) is 4.19. The highest BCUT2D eigenvalue weighted by Crippen LogP contribution is 2.26. The molecule has 0 aromatic carbocycles. The van der Waals surface area contributed by atoms with Gasteiger partial charge >= 0.3 is 0 Å². The van der Waals surface area contributed by atoms with Crippen molar-refractivity contribution in [2.24, 2.45) is 0 Å². The van der Waals surface area contributed by atoms with Crippen molar-refractivity contribution in [3.63, 3.8) is 0 Å². The molecular formula is C13H20N2. The van der Waals surface area contributed by atoms with Crippen molar-refractivity contribution < 1.29 is 0 Å². The first-order valence-corrected chi connectivity index (χ1v) is 5.82. The van der Waals surface area contributed by atoms with E-state index in [0.29, 0.717) is 0 Å². The first-order chi connectivity index (χ1) is 7.18. The van der Waals surface area contributed by atoms with Crippen LogP contribution in [-0.2, 0) is 5.41 Å². The van der Waals surface area contributed by atoms with E-state index in [4.69, 9.17) is 0 Å². The van der Waals surface area contributed by atoms with E-state index in [1.807, 2.05) is 18.5 Å². The molecule has 2 heteroatoms. The van der Waals surface area contributed by atoms with Crippen LogP contribution in [0.1, 0.15) is 38.7 Å². The SMILES string of the molecule is CC(C)(CCNC1CC1)c1cccnc1. The van der Waals surface area contributed by atoms with Gasteiger partial charge in [0.15, 0.2) is 0 Å². The molecule has 82 valence electrons. The van der Waals surface area contributed by atoms with Crippen LogP contribution in [0.5, 0.6) is 0 Å². The fourth-order valence-corrected chi connectivity index (χ4v) is 1.78. The molecule has 1 heterocycles. The minimum absolute atomic E-state index is 0.232. The van der Waals surface area contributed by atoms with E-state index in [1.54, 1.807) is 0 Å². The zero-order valence-electron chi connectivity index (χ0n) is 9.66. The molecule has 1 fully saturated rings. The Morgan fingerprint density at radius 1 is 1.47 bits per heavy atom. The van der Waals surface area contributed by atoms with Gasteiger partial charge in [0.05, 0.1) is 0 Å². The average molecular weight is 204 g/mol. The first-order valence-electron chi connectivity index (χ1n) is 5.82. The molecule has 1 aromatic heterocycles. The largest absolute Gasteiger partial charge is 0.314 e. The molecule has 2 nitrogen and oxygen atoms in total. The number of nitrogens with zero attached hydrogens (tertiary/aromatic N) is 1. The van der Waals surface area contributed by atoms with Gasteiger partial charge in [-0.3, -0.25) is 4.98 Å². The second-order valence-corrected chi connectivity index (χ2v) is 5.10.